The Morgan fingerprint density at radius 3 is 2.32 bits per heavy atom. The van der Waals surface area contributed by atoms with Crippen molar-refractivity contribution >= 4 is 23.8 Å². The molecule has 0 saturated carbocycles. The molecule has 2 atom stereocenters. The number of primary amides is 1. The van der Waals surface area contributed by atoms with E-state index in [1.807, 2.05) is 6.92 Å². The predicted octanol–water partition coefficient (Wildman–Crippen LogP) is 3.53. The number of carbonyl (C=O) groups excluding carboxylic acids is 4. The maximum atomic E-state index is 13.9. The van der Waals surface area contributed by atoms with Crippen LogP contribution >= 0.6 is 0 Å². The average Bonchev–Trinajstić information content (AvgIpc) is 2.80. The molecule has 0 spiro atoms. The molecule has 0 aliphatic heterocycles. The molecule has 10 heteroatoms. The van der Waals surface area contributed by atoms with Crippen LogP contribution in [0.4, 0.5) is 4.79 Å². The van der Waals surface area contributed by atoms with E-state index in [-0.39, 0.29) is 25.1 Å². The number of nitrogens with one attached hydrogen (secondary N) is 2. The van der Waals surface area contributed by atoms with Crippen molar-refractivity contribution in [1.82, 2.24) is 15.5 Å². The van der Waals surface area contributed by atoms with Gasteiger partial charge in [0.25, 0.3) is 0 Å². The summed E-state index contributed by atoms with van der Waals surface area (Å²) in [6.07, 6.45) is 3.06. The number of hydrogen-bond acceptors (Lipinski definition) is 6. The molecule has 0 aliphatic rings. The molecule has 1 aromatic carbocycles. The van der Waals surface area contributed by atoms with Crippen molar-refractivity contribution in [2.75, 3.05) is 13.1 Å². The van der Waals surface area contributed by atoms with Gasteiger partial charge in [0.05, 0.1) is 0 Å². The minimum Gasteiger partial charge on any atom is -0.508 e. The molecule has 2 unspecified atom stereocenters. The normalized spacial score (nSPS) is 12.8. The molecule has 4 amide bonds. The van der Waals surface area contributed by atoms with Crippen molar-refractivity contribution in [2.45, 2.75) is 97.2 Å². The summed E-state index contributed by atoms with van der Waals surface area (Å²) in [5, 5.41) is 15.6. The Hall–Kier alpha value is -3.30. The van der Waals surface area contributed by atoms with Gasteiger partial charge in [0.15, 0.2) is 0 Å². The number of amides is 4. The van der Waals surface area contributed by atoms with Gasteiger partial charge in [0.1, 0.15) is 23.4 Å². The number of nitrogens with zero attached hydrogens (tertiary/aromatic N) is 1. The number of ether oxygens (including phenoxy) is 1. The fourth-order valence-corrected chi connectivity index (χ4v) is 3.74. The SMILES string of the molecule is CCCCCNC(=O)C(c1cccc(O)c1)N(CCCC)C(=O)C(CCC(N)=O)NC(=O)OC(C)(C)C. The Bertz CT molecular complexity index is 899. The van der Waals surface area contributed by atoms with Gasteiger partial charge in [-0.05, 0) is 57.7 Å². The highest BCUT2D eigenvalue weighted by atomic mass is 16.6. The summed E-state index contributed by atoms with van der Waals surface area (Å²) in [4.78, 5) is 52.8. The van der Waals surface area contributed by atoms with E-state index in [0.29, 0.717) is 18.5 Å². The van der Waals surface area contributed by atoms with Gasteiger partial charge in [0, 0.05) is 19.5 Å². The highest BCUT2D eigenvalue weighted by Crippen LogP contribution is 2.26. The van der Waals surface area contributed by atoms with Crippen molar-refractivity contribution in [3.8, 4) is 5.75 Å². The van der Waals surface area contributed by atoms with Gasteiger partial charge in [-0.25, -0.2) is 4.79 Å². The third-order valence-electron chi connectivity index (χ3n) is 5.53. The van der Waals surface area contributed by atoms with Crippen LogP contribution in [0.25, 0.3) is 0 Å². The van der Waals surface area contributed by atoms with Crippen LogP contribution in [0.5, 0.6) is 5.75 Å². The molecule has 1 rings (SSSR count). The maximum absolute atomic E-state index is 13.9. The first-order chi connectivity index (χ1) is 17.4. The topological polar surface area (TPSA) is 151 Å². The fourth-order valence-electron chi connectivity index (χ4n) is 3.74. The van der Waals surface area contributed by atoms with Crippen LogP contribution in [0.1, 0.15) is 91.2 Å². The number of nitrogens with two attached hydrogens (primary N) is 1. The molecular weight excluding hydrogens is 476 g/mol. The van der Waals surface area contributed by atoms with Crippen LogP contribution in [0.15, 0.2) is 24.3 Å². The smallest absolute Gasteiger partial charge is 0.408 e. The zero-order valence-corrected chi connectivity index (χ0v) is 22.8. The minimum atomic E-state index is -1.15. The molecule has 37 heavy (non-hydrogen) atoms. The Labute approximate surface area is 220 Å². The molecule has 208 valence electrons. The summed E-state index contributed by atoms with van der Waals surface area (Å²) in [7, 11) is 0. The second-order valence-corrected chi connectivity index (χ2v) is 10.1. The van der Waals surface area contributed by atoms with Gasteiger partial charge in [-0.3, -0.25) is 14.4 Å². The van der Waals surface area contributed by atoms with Gasteiger partial charge in [-0.2, -0.15) is 0 Å². The third kappa shape index (κ3) is 12.0. The summed E-state index contributed by atoms with van der Waals surface area (Å²) < 4.78 is 5.32. The minimum absolute atomic E-state index is 0.0404. The molecule has 0 fully saturated rings. The summed E-state index contributed by atoms with van der Waals surface area (Å²) in [6.45, 7) is 9.77. The first-order valence-electron chi connectivity index (χ1n) is 13.0. The van der Waals surface area contributed by atoms with Crippen molar-refractivity contribution in [1.29, 1.82) is 0 Å². The highest BCUT2D eigenvalue weighted by Gasteiger charge is 2.36. The van der Waals surface area contributed by atoms with E-state index in [2.05, 4.69) is 17.6 Å². The molecule has 0 radical (unpaired) electrons. The number of phenols is 1. The predicted molar refractivity (Wildman–Crippen MR) is 142 cm³/mol. The molecule has 0 bridgehead atoms. The summed E-state index contributed by atoms with van der Waals surface area (Å²) in [6, 6.07) is 4.01. The number of aromatic hydroxyl groups is 1. The Morgan fingerprint density at radius 1 is 1.08 bits per heavy atom. The Balaban J connectivity index is 3.40. The second kappa shape index (κ2) is 15.7. The van der Waals surface area contributed by atoms with E-state index < -0.39 is 41.5 Å². The van der Waals surface area contributed by atoms with E-state index in [4.69, 9.17) is 10.5 Å². The van der Waals surface area contributed by atoms with Crippen molar-refractivity contribution in [2.24, 2.45) is 5.73 Å². The summed E-state index contributed by atoms with van der Waals surface area (Å²) >= 11 is 0. The summed E-state index contributed by atoms with van der Waals surface area (Å²) in [5.41, 5.74) is 4.96. The number of rotatable bonds is 15. The molecule has 0 heterocycles. The quantitative estimate of drug-likeness (QED) is 0.260. The van der Waals surface area contributed by atoms with Crippen LogP contribution in [0.2, 0.25) is 0 Å². The first kappa shape index (κ1) is 31.7. The molecule has 0 aliphatic carbocycles. The fraction of sp³-hybridized carbons (Fsp3) is 0.630. The maximum Gasteiger partial charge on any atom is 0.408 e. The number of benzene rings is 1. The standard InChI is InChI=1S/C27H44N4O6/c1-6-8-10-16-29-24(34)23(19-12-11-13-20(32)18-19)31(17-9-7-2)25(35)21(14-15-22(28)33)30-26(36)37-27(3,4)5/h11-13,18,21,23,32H,6-10,14-17H2,1-5H3,(H2,28,33)(H,29,34)(H,30,36). The number of phenolic OH excluding ortho intramolecular Hbond substituents is 1. The lowest BCUT2D eigenvalue weighted by Gasteiger charge is -2.34. The van der Waals surface area contributed by atoms with E-state index in [0.717, 1.165) is 25.7 Å². The van der Waals surface area contributed by atoms with Crippen molar-refractivity contribution in [3.63, 3.8) is 0 Å². The monoisotopic (exact) mass is 520 g/mol. The number of hydrogen-bond donors (Lipinski definition) is 4. The molecule has 5 N–H and O–H groups in total. The molecule has 10 nitrogen and oxygen atoms in total. The Morgan fingerprint density at radius 2 is 1.76 bits per heavy atom. The largest absolute Gasteiger partial charge is 0.508 e. The van der Waals surface area contributed by atoms with Gasteiger partial charge in [-0.15, -0.1) is 0 Å². The molecule has 0 aromatic heterocycles. The zero-order chi connectivity index (χ0) is 28.0. The third-order valence-corrected chi connectivity index (χ3v) is 5.53. The lowest BCUT2D eigenvalue weighted by Crippen LogP contribution is -2.53. The van der Waals surface area contributed by atoms with E-state index in [1.54, 1.807) is 32.9 Å². The number of unbranched alkanes of at least 4 members (excludes halogenated alkanes) is 3. The van der Waals surface area contributed by atoms with Crippen LogP contribution < -0.4 is 16.4 Å². The van der Waals surface area contributed by atoms with Gasteiger partial charge >= 0.3 is 6.09 Å². The molecule has 0 saturated heterocycles. The van der Waals surface area contributed by atoms with Gasteiger partial charge in [0.2, 0.25) is 17.7 Å². The number of carbonyl (C=O) groups is 4. The van der Waals surface area contributed by atoms with Gasteiger partial charge < -0.3 is 31.1 Å². The lowest BCUT2D eigenvalue weighted by atomic mass is 10.0. The van der Waals surface area contributed by atoms with Crippen LogP contribution in [-0.2, 0) is 19.1 Å². The van der Waals surface area contributed by atoms with E-state index in [9.17, 15) is 24.3 Å². The first-order valence-corrected chi connectivity index (χ1v) is 13.0. The molecule has 1 aromatic rings. The zero-order valence-electron chi connectivity index (χ0n) is 22.8. The summed E-state index contributed by atoms with van der Waals surface area (Å²) in [5.74, 6) is -1.60. The highest BCUT2D eigenvalue weighted by molar-refractivity contribution is 5.92. The average molecular weight is 521 g/mol. The van der Waals surface area contributed by atoms with Crippen molar-refractivity contribution < 1.29 is 29.0 Å². The van der Waals surface area contributed by atoms with Crippen LogP contribution in [-0.4, -0.2) is 58.6 Å². The van der Waals surface area contributed by atoms with E-state index >= 15 is 0 Å². The van der Waals surface area contributed by atoms with Gasteiger partial charge in [-0.1, -0.05) is 45.2 Å². The second-order valence-electron chi connectivity index (χ2n) is 10.1. The Kier molecular flexibility index (Phi) is 13.5. The van der Waals surface area contributed by atoms with Crippen molar-refractivity contribution in [3.05, 3.63) is 29.8 Å². The molecular formula is C27H44N4O6. The lowest BCUT2D eigenvalue weighted by molar-refractivity contribution is -0.142. The number of alkyl carbamates (subject to hydrolysis) is 1. The van der Waals surface area contributed by atoms with Crippen LogP contribution in [0, 0.1) is 0 Å². The van der Waals surface area contributed by atoms with E-state index in [1.165, 1.54) is 17.0 Å². The van der Waals surface area contributed by atoms with Crippen LogP contribution in [0.3, 0.4) is 0 Å².